The summed E-state index contributed by atoms with van der Waals surface area (Å²) in [5.41, 5.74) is 10.6. The fourth-order valence-electron chi connectivity index (χ4n) is 2.06. The Bertz CT molecular complexity index is 552. The summed E-state index contributed by atoms with van der Waals surface area (Å²) in [4.78, 5) is 7.33. The second-order valence-electron chi connectivity index (χ2n) is 4.87. The molecule has 0 fully saturated rings. The molecule has 2 rings (SSSR count). The number of nitrogen functional groups attached to an aromatic ring is 1. The maximum atomic E-state index is 5.63. The number of nitrogens with one attached hydrogen (secondary N) is 1. The Balaban J connectivity index is 2.16. The van der Waals surface area contributed by atoms with E-state index in [1.54, 1.807) is 0 Å². The van der Waals surface area contributed by atoms with Crippen molar-refractivity contribution < 1.29 is 0 Å². The molecule has 0 aliphatic heterocycles. The van der Waals surface area contributed by atoms with Crippen molar-refractivity contribution >= 4 is 27.8 Å². The highest BCUT2D eigenvalue weighted by atomic mass is 32.1. The smallest absolute Gasteiger partial charge is 0.180 e. The largest absolute Gasteiger partial charge is 0.380 e. The highest BCUT2D eigenvalue weighted by Crippen LogP contribution is 2.27. The van der Waals surface area contributed by atoms with E-state index in [1.807, 2.05) is 6.20 Å². The molecule has 5 heteroatoms. The van der Waals surface area contributed by atoms with Crippen molar-refractivity contribution in [2.75, 3.05) is 30.0 Å². The van der Waals surface area contributed by atoms with Gasteiger partial charge in [0, 0.05) is 36.5 Å². The third kappa shape index (κ3) is 3.17. The number of aromatic nitrogens is 1. The van der Waals surface area contributed by atoms with Gasteiger partial charge >= 0.3 is 0 Å². The van der Waals surface area contributed by atoms with Crippen molar-refractivity contribution in [1.29, 1.82) is 0 Å². The summed E-state index contributed by atoms with van der Waals surface area (Å²) in [6.07, 6.45) is 1.83. The SMILES string of the molecule is Cc1cc(N(C)C)cc(C)c1NCc1cnc(N)s1. The van der Waals surface area contributed by atoms with Gasteiger partial charge in [0.25, 0.3) is 0 Å². The Labute approximate surface area is 118 Å². The molecular formula is C14H20N4S. The van der Waals surface area contributed by atoms with E-state index in [1.165, 1.54) is 33.8 Å². The Morgan fingerprint density at radius 3 is 2.37 bits per heavy atom. The van der Waals surface area contributed by atoms with Crippen molar-refractivity contribution in [2.45, 2.75) is 20.4 Å². The maximum absolute atomic E-state index is 5.63. The van der Waals surface area contributed by atoms with Crippen LogP contribution in [0.1, 0.15) is 16.0 Å². The van der Waals surface area contributed by atoms with E-state index < -0.39 is 0 Å². The molecule has 0 saturated carbocycles. The zero-order valence-corrected chi connectivity index (χ0v) is 12.6. The molecule has 0 atom stereocenters. The Morgan fingerprint density at radius 1 is 1.26 bits per heavy atom. The summed E-state index contributed by atoms with van der Waals surface area (Å²) in [6.45, 7) is 5.02. The van der Waals surface area contributed by atoms with Gasteiger partial charge in [0.05, 0.1) is 6.54 Å². The predicted octanol–water partition coefficient (Wildman–Crippen LogP) is 3.02. The molecule has 0 unspecified atom stereocenters. The molecule has 102 valence electrons. The van der Waals surface area contributed by atoms with E-state index in [0.29, 0.717) is 5.13 Å². The minimum atomic E-state index is 0.619. The molecule has 0 radical (unpaired) electrons. The van der Waals surface area contributed by atoms with Crippen LogP contribution in [0.3, 0.4) is 0 Å². The fourth-order valence-corrected chi connectivity index (χ4v) is 2.68. The van der Waals surface area contributed by atoms with Crippen LogP contribution in [-0.2, 0) is 6.54 Å². The average Bonchev–Trinajstić information content (AvgIpc) is 2.73. The van der Waals surface area contributed by atoms with Crippen molar-refractivity contribution in [1.82, 2.24) is 4.98 Å². The Kier molecular flexibility index (Phi) is 3.95. The fraction of sp³-hybridized carbons (Fsp3) is 0.357. The molecule has 3 N–H and O–H groups in total. The normalized spacial score (nSPS) is 10.5. The number of rotatable bonds is 4. The monoisotopic (exact) mass is 276 g/mol. The summed E-state index contributed by atoms with van der Waals surface area (Å²) in [5, 5.41) is 4.09. The third-order valence-corrected chi connectivity index (χ3v) is 3.87. The van der Waals surface area contributed by atoms with Crippen molar-refractivity contribution in [3.63, 3.8) is 0 Å². The predicted molar refractivity (Wildman–Crippen MR) is 84.1 cm³/mol. The third-order valence-electron chi connectivity index (χ3n) is 3.04. The number of aryl methyl sites for hydroxylation is 2. The van der Waals surface area contributed by atoms with Crippen LogP contribution in [0.4, 0.5) is 16.5 Å². The van der Waals surface area contributed by atoms with Gasteiger partial charge in [-0.05, 0) is 37.1 Å². The maximum Gasteiger partial charge on any atom is 0.180 e. The number of hydrogen-bond donors (Lipinski definition) is 2. The minimum absolute atomic E-state index is 0.619. The molecule has 0 bridgehead atoms. The number of thiazole rings is 1. The second kappa shape index (κ2) is 5.48. The molecule has 1 aromatic carbocycles. The van der Waals surface area contributed by atoms with Gasteiger partial charge in [-0.2, -0.15) is 0 Å². The Hall–Kier alpha value is -1.75. The van der Waals surface area contributed by atoms with Gasteiger partial charge in [-0.1, -0.05) is 0 Å². The van der Waals surface area contributed by atoms with Gasteiger partial charge in [-0.3, -0.25) is 0 Å². The molecule has 4 nitrogen and oxygen atoms in total. The van der Waals surface area contributed by atoms with Crippen LogP contribution >= 0.6 is 11.3 Å². The van der Waals surface area contributed by atoms with Crippen molar-refractivity contribution in [2.24, 2.45) is 0 Å². The molecule has 0 amide bonds. The lowest BCUT2D eigenvalue weighted by Gasteiger charge is -2.18. The zero-order chi connectivity index (χ0) is 14.0. The topological polar surface area (TPSA) is 54.2 Å². The van der Waals surface area contributed by atoms with E-state index in [9.17, 15) is 0 Å². The zero-order valence-electron chi connectivity index (χ0n) is 11.8. The van der Waals surface area contributed by atoms with E-state index in [4.69, 9.17) is 5.73 Å². The van der Waals surface area contributed by atoms with E-state index in [-0.39, 0.29) is 0 Å². The summed E-state index contributed by atoms with van der Waals surface area (Å²) < 4.78 is 0. The van der Waals surface area contributed by atoms with E-state index in [0.717, 1.165) is 11.4 Å². The summed E-state index contributed by atoms with van der Waals surface area (Å²) in [7, 11) is 4.11. The van der Waals surface area contributed by atoms with Crippen LogP contribution in [0.5, 0.6) is 0 Å². The second-order valence-corrected chi connectivity index (χ2v) is 6.01. The number of benzene rings is 1. The van der Waals surface area contributed by atoms with Gasteiger partial charge < -0.3 is 16.0 Å². The highest BCUT2D eigenvalue weighted by molar-refractivity contribution is 7.15. The summed E-state index contributed by atoms with van der Waals surface area (Å²) >= 11 is 1.52. The van der Waals surface area contributed by atoms with Crippen LogP contribution < -0.4 is 16.0 Å². The standard InChI is InChI=1S/C14H20N4S/c1-9-5-11(18(3)4)6-10(2)13(9)16-7-12-8-17-14(15)19-12/h5-6,8,16H,7H2,1-4H3,(H2,15,17). The Morgan fingerprint density at radius 2 is 1.89 bits per heavy atom. The molecule has 2 aromatic rings. The number of nitrogens with zero attached hydrogens (tertiary/aromatic N) is 2. The van der Waals surface area contributed by atoms with Crippen molar-refractivity contribution in [3.8, 4) is 0 Å². The quantitative estimate of drug-likeness (QED) is 0.901. The summed E-state index contributed by atoms with van der Waals surface area (Å²) in [5.74, 6) is 0. The first-order chi connectivity index (χ1) is 8.97. The highest BCUT2D eigenvalue weighted by Gasteiger charge is 2.07. The van der Waals surface area contributed by atoms with Gasteiger partial charge in [0.2, 0.25) is 0 Å². The lowest BCUT2D eigenvalue weighted by molar-refractivity contribution is 1.11. The minimum Gasteiger partial charge on any atom is -0.380 e. The molecule has 1 aromatic heterocycles. The number of nitrogens with two attached hydrogens (primary N) is 1. The number of hydrogen-bond acceptors (Lipinski definition) is 5. The average molecular weight is 276 g/mol. The lowest BCUT2D eigenvalue weighted by atomic mass is 10.1. The van der Waals surface area contributed by atoms with Crippen LogP contribution in [0, 0.1) is 13.8 Å². The van der Waals surface area contributed by atoms with Gasteiger partial charge in [-0.15, -0.1) is 11.3 Å². The van der Waals surface area contributed by atoms with Gasteiger partial charge in [0.1, 0.15) is 0 Å². The van der Waals surface area contributed by atoms with Crippen molar-refractivity contribution in [3.05, 3.63) is 34.3 Å². The molecule has 0 aliphatic carbocycles. The van der Waals surface area contributed by atoms with E-state index >= 15 is 0 Å². The van der Waals surface area contributed by atoms with Crippen LogP contribution in [0.15, 0.2) is 18.3 Å². The molecule has 0 spiro atoms. The lowest BCUT2D eigenvalue weighted by Crippen LogP contribution is -2.10. The first kappa shape index (κ1) is 13.7. The number of anilines is 3. The van der Waals surface area contributed by atoms with Crippen LogP contribution in [-0.4, -0.2) is 19.1 Å². The van der Waals surface area contributed by atoms with Gasteiger partial charge in [0.15, 0.2) is 5.13 Å². The first-order valence-electron chi connectivity index (χ1n) is 6.20. The van der Waals surface area contributed by atoms with E-state index in [2.05, 4.69) is 55.3 Å². The summed E-state index contributed by atoms with van der Waals surface area (Å²) in [6, 6.07) is 4.38. The molecular weight excluding hydrogens is 256 g/mol. The van der Waals surface area contributed by atoms with Crippen LogP contribution in [0.25, 0.3) is 0 Å². The van der Waals surface area contributed by atoms with Gasteiger partial charge in [-0.25, -0.2) is 4.98 Å². The first-order valence-corrected chi connectivity index (χ1v) is 7.01. The van der Waals surface area contributed by atoms with Crippen LogP contribution in [0.2, 0.25) is 0 Å². The molecule has 0 aliphatic rings. The molecule has 1 heterocycles. The molecule has 0 saturated heterocycles. The molecule has 19 heavy (non-hydrogen) atoms.